The fraction of sp³-hybridized carbons (Fsp3) is 0.509. The smallest absolute Gasteiger partial charge is 0.251 e. The summed E-state index contributed by atoms with van der Waals surface area (Å²) in [7, 11) is 0. The zero-order chi connectivity index (χ0) is 50.8. The number of rotatable bonds is 18. The zero-order valence-corrected chi connectivity index (χ0v) is 43.1. The molecular weight excluding hydrogens is 930 g/mol. The number of anilines is 1. The van der Waals surface area contributed by atoms with Gasteiger partial charge in [0.15, 0.2) is 0 Å². The van der Waals surface area contributed by atoms with Crippen LogP contribution >= 0.6 is 22.9 Å². The molecule has 4 aromatic rings. The molecule has 0 bridgehead atoms. The maximum Gasteiger partial charge on any atom is 0.251 e. The van der Waals surface area contributed by atoms with E-state index in [2.05, 4.69) is 60.0 Å². The van der Waals surface area contributed by atoms with Crippen LogP contribution in [0.5, 0.6) is 5.75 Å². The van der Waals surface area contributed by atoms with Crippen molar-refractivity contribution in [2.75, 3.05) is 44.8 Å². The first-order valence-electron chi connectivity index (χ1n) is 23.8. The first-order chi connectivity index (χ1) is 33.0. The number of nitrogens with zero attached hydrogens (tertiary/aromatic N) is 3. The third-order valence-electron chi connectivity index (χ3n) is 14.1. The number of aliphatic hydroxyl groups excluding tert-OH is 1. The second-order valence-corrected chi connectivity index (χ2v) is 22.7. The largest absolute Gasteiger partial charge is 0.489 e. The SMILES string of the molecule is Cc1ncsc1-c1ccc(C(C)NC(=O)[C@@H]2C[C@@H](O)CN2C(=O)[C@@H](NC(=O)COCCC2(CNc3ccc(C(=O)NC4C(C)(C)C(Oc5ccc(C#N)c(Cl)c5)C4(C)C)cc3)COC2)C(C)(C)C)cc1. The highest BCUT2D eigenvalue weighted by atomic mass is 35.5. The third kappa shape index (κ3) is 11.5. The molecule has 4 atom stereocenters. The molecule has 2 aliphatic heterocycles. The molecule has 3 aromatic carbocycles. The van der Waals surface area contributed by atoms with E-state index in [0.29, 0.717) is 48.1 Å². The molecule has 17 heteroatoms. The molecule has 0 radical (unpaired) electrons. The summed E-state index contributed by atoms with van der Waals surface area (Å²) in [6.45, 7) is 19.2. The molecule has 4 amide bonds. The van der Waals surface area contributed by atoms with Crippen LogP contribution in [0.3, 0.4) is 0 Å². The van der Waals surface area contributed by atoms with Gasteiger partial charge in [0.05, 0.1) is 52.0 Å². The van der Waals surface area contributed by atoms with Gasteiger partial charge in [-0.25, -0.2) is 4.98 Å². The van der Waals surface area contributed by atoms with E-state index in [-0.39, 0.29) is 61.6 Å². The number of aryl methyl sites for hydroxylation is 1. The predicted octanol–water partition coefficient (Wildman–Crippen LogP) is 7.46. The highest BCUT2D eigenvalue weighted by Crippen LogP contribution is 2.55. The first kappa shape index (κ1) is 52.3. The summed E-state index contributed by atoms with van der Waals surface area (Å²) in [5.74, 6) is -0.905. The molecule has 3 fully saturated rings. The number of ether oxygens (including phenoxy) is 3. The van der Waals surface area contributed by atoms with Gasteiger partial charge in [-0.3, -0.25) is 19.2 Å². The third-order valence-corrected chi connectivity index (χ3v) is 15.4. The number of nitrogens with one attached hydrogen (secondary N) is 4. The number of β-amino-alcohol motifs (C(OH)–C–C–N with tert-alkyl or cyclic N) is 1. The van der Waals surface area contributed by atoms with Crippen LogP contribution in [0.4, 0.5) is 5.69 Å². The lowest BCUT2D eigenvalue weighted by atomic mass is 9.49. The van der Waals surface area contributed by atoms with Gasteiger partial charge in [0, 0.05) is 65.7 Å². The van der Waals surface area contributed by atoms with Gasteiger partial charge in [0.25, 0.3) is 5.91 Å². The van der Waals surface area contributed by atoms with Crippen LogP contribution in [0.25, 0.3) is 10.4 Å². The number of likely N-dealkylation sites (tertiary alicyclic amines) is 1. The summed E-state index contributed by atoms with van der Waals surface area (Å²) < 4.78 is 17.9. The lowest BCUT2D eigenvalue weighted by Gasteiger charge is -2.63. The van der Waals surface area contributed by atoms with Gasteiger partial charge < -0.3 is 45.5 Å². The standard InChI is InChI=1S/C53H66ClN7O8S/c1-31(33-10-12-34(13-11-33)43-32(2)57-30-70-43)58-46(65)41-22-38(62)25-61(41)47(66)44(50(3,4)5)59-42(63)26-67-21-20-53(28-68-29-53)27-56-37-17-14-35(15-18-37)45(64)60-48-51(6,7)49(52(48,8)9)69-39-19-16-36(24-55)40(54)23-39/h10-19,23,30-31,38,41,44,48-49,56,62H,20-22,25-29H2,1-9H3,(H,58,65)(H,59,63)(H,60,64)/t31?,38-,41+,44-,48?,49?/m1/s1. The number of aliphatic hydroxyl groups is 1. The Labute approximate surface area is 420 Å². The molecule has 15 nitrogen and oxygen atoms in total. The molecule has 374 valence electrons. The maximum absolute atomic E-state index is 14.2. The number of amides is 4. The second kappa shape index (κ2) is 21.0. The number of benzene rings is 3. The molecule has 1 unspecified atom stereocenters. The molecule has 1 aromatic heterocycles. The van der Waals surface area contributed by atoms with Gasteiger partial charge in [0.1, 0.15) is 36.6 Å². The Kier molecular flexibility index (Phi) is 15.7. The normalized spacial score (nSPS) is 21.8. The predicted molar refractivity (Wildman–Crippen MR) is 269 cm³/mol. The van der Waals surface area contributed by atoms with Crippen molar-refractivity contribution in [2.24, 2.45) is 21.7 Å². The van der Waals surface area contributed by atoms with E-state index < -0.39 is 46.2 Å². The van der Waals surface area contributed by atoms with Gasteiger partial charge in [-0.15, -0.1) is 11.3 Å². The zero-order valence-electron chi connectivity index (χ0n) is 41.5. The molecule has 3 aliphatic rings. The summed E-state index contributed by atoms with van der Waals surface area (Å²) in [6.07, 6.45) is -0.416. The Balaban J connectivity index is 0.859. The van der Waals surface area contributed by atoms with Crippen molar-refractivity contribution in [3.63, 3.8) is 0 Å². The van der Waals surface area contributed by atoms with Crippen LogP contribution in [0.15, 0.2) is 72.2 Å². The number of hydrogen-bond acceptors (Lipinski definition) is 12. The Morgan fingerprint density at radius 2 is 1.70 bits per heavy atom. The van der Waals surface area contributed by atoms with Gasteiger partial charge in [-0.05, 0) is 73.2 Å². The van der Waals surface area contributed by atoms with Crippen LogP contribution in [0, 0.1) is 39.9 Å². The van der Waals surface area contributed by atoms with E-state index >= 15 is 0 Å². The Morgan fingerprint density at radius 3 is 2.29 bits per heavy atom. The van der Waals surface area contributed by atoms with Gasteiger partial charge in [0.2, 0.25) is 17.7 Å². The minimum Gasteiger partial charge on any atom is -0.489 e. The van der Waals surface area contributed by atoms with Crippen LogP contribution in [-0.2, 0) is 23.9 Å². The highest BCUT2D eigenvalue weighted by Gasteiger charge is 2.64. The molecule has 1 aliphatic carbocycles. The molecule has 0 spiro atoms. The van der Waals surface area contributed by atoms with Crippen molar-refractivity contribution in [1.29, 1.82) is 5.26 Å². The fourth-order valence-electron chi connectivity index (χ4n) is 10.2. The van der Waals surface area contributed by atoms with Crippen molar-refractivity contribution in [3.8, 4) is 22.3 Å². The second-order valence-electron chi connectivity index (χ2n) is 21.4. The van der Waals surface area contributed by atoms with Gasteiger partial charge in [-0.2, -0.15) is 5.26 Å². The minimum absolute atomic E-state index is 0.0284. The van der Waals surface area contributed by atoms with E-state index in [1.807, 2.05) is 76.5 Å². The lowest BCUT2D eigenvalue weighted by molar-refractivity contribution is -0.164. The molecular formula is C53H66ClN7O8S. The quantitative estimate of drug-likeness (QED) is 0.0619. The van der Waals surface area contributed by atoms with Gasteiger partial charge >= 0.3 is 0 Å². The molecule has 5 N–H and O–H groups in total. The summed E-state index contributed by atoms with van der Waals surface area (Å²) in [5, 5.41) is 32.9. The van der Waals surface area contributed by atoms with Crippen molar-refractivity contribution in [3.05, 3.63) is 99.6 Å². The van der Waals surface area contributed by atoms with Crippen LogP contribution < -0.4 is 26.0 Å². The number of thiazole rings is 1. The van der Waals surface area contributed by atoms with Crippen LogP contribution in [0.2, 0.25) is 5.02 Å². The van der Waals surface area contributed by atoms with Crippen molar-refractivity contribution in [2.45, 2.75) is 112 Å². The molecule has 70 heavy (non-hydrogen) atoms. The van der Waals surface area contributed by atoms with Gasteiger partial charge in [-0.1, -0.05) is 84.3 Å². The number of aromatic nitrogens is 1. The Hall–Kier alpha value is -5.57. The lowest BCUT2D eigenvalue weighted by Crippen LogP contribution is -2.74. The number of hydrogen-bond donors (Lipinski definition) is 5. The van der Waals surface area contributed by atoms with E-state index in [1.165, 1.54) is 4.90 Å². The topological polar surface area (TPSA) is 204 Å². The Morgan fingerprint density at radius 1 is 1.01 bits per heavy atom. The summed E-state index contributed by atoms with van der Waals surface area (Å²) in [4.78, 5) is 61.6. The Bertz CT molecular complexity index is 2570. The summed E-state index contributed by atoms with van der Waals surface area (Å²) in [5.41, 5.74) is 4.71. The van der Waals surface area contributed by atoms with Crippen LogP contribution in [0.1, 0.15) is 101 Å². The maximum atomic E-state index is 14.2. The number of carbonyl (C=O) groups is 4. The van der Waals surface area contributed by atoms with Crippen LogP contribution in [-0.4, -0.2) is 108 Å². The number of halogens is 1. The fourth-order valence-corrected chi connectivity index (χ4v) is 11.3. The number of carbonyl (C=O) groups excluding carboxylic acids is 4. The van der Waals surface area contributed by atoms with E-state index in [1.54, 1.807) is 41.7 Å². The monoisotopic (exact) mass is 995 g/mol. The van der Waals surface area contributed by atoms with E-state index in [4.69, 9.17) is 25.8 Å². The van der Waals surface area contributed by atoms with E-state index in [9.17, 15) is 29.5 Å². The van der Waals surface area contributed by atoms with Crippen molar-refractivity contribution < 1.29 is 38.5 Å². The van der Waals surface area contributed by atoms with E-state index in [0.717, 1.165) is 27.4 Å². The van der Waals surface area contributed by atoms with Crippen molar-refractivity contribution in [1.82, 2.24) is 25.8 Å². The molecule has 7 rings (SSSR count). The number of nitriles is 1. The van der Waals surface area contributed by atoms with Crippen molar-refractivity contribution >= 4 is 52.3 Å². The summed E-state index contributed by atoms with van der Waals surface area (Å²) >= 11 is 7.83. The molecule has 3 heterocycles. The molecule has 2 saturated heterocycles. The minimum atomic E-state index is -0.984. The average Bonchev–Trinajstić information content (AvgIpc) is 3.92. The first-order valence-corrected chi connectivity index (χ1v) is 25.0. The summed E-state index contributed by atoms with van der Waals surface area (Å²) in [6, 6.07) is 19.9. The molecule has 1 saturated carbocycles. The highest BCUT2D eigenvalue weighted by molar-refractivity contribution is 7.13. The average molecular weight is 997 g/mol.